The molecule has 3 rings (SSSR count). The fraction of sp³-hybridized carbons (Fsp3) is 0. The summed E-state index contributed by atoms with van der Waals surface area (Å²) >= 11 is 0. The third kappa shape index (κ3) is 3.36. The maximum Gasteiger partial charge on any atom is 0.707 e. The van der Waals surface area contributed by atoms with Gasteiger partial charge in [-0.1, -0.05) is 60.7 Å². The van der Waals surface area contributed by atoms with Crippen molar-refractivity contribution in [3.8, 4) is 28.0 Å². The van der Waals surface area contributed by atoms with Crippen LogP contribution in [0.2, 0.25) is 0 Å². The summed E-state index contributed by atoms with van der Waals surface area (Å²) in [4.78, 5) is 0. The van der Waals surface area contributed by atoms with Gasteiger partial charge in [-0.2, -0.15) is 0 Å². The molecule has 0 aliphatic carbocycles. The van der Waals surface area contributed by atoms with E-state index in [9.17, 15) is 0 Å². The zero-order chi connectivity index (χ0) is 15.4. The summed E-state index contributed by atoms with van der Waals surface area (Å²) in [5.41, 5.74) is 4.28. The lowest BCUT2D eigenvalue weighted by molar-refractivity contribution is 0.288. The summed E-state index contributed by atoms with van der Waals surface area (Å²) in [7, 11) is -1.81. The highest BCUT2D eigenvalue weighted by atomic mass is 16.6. The Kier molecular flexibility index (Phi) is 4.23. The van der Waals surface area contributed by atoms with E-state index in [0.717, 1.165) is 22.3 Å². The van der Waals surface area contributed by atoms with Crippen LogP contribution in [0.25, 0.3) is 22.3 Å². The van der Waals surface area contributed by atoms with Crippen LogP contribution in [0.5, 0.6) is 5.75 Å². The maximum atomic E-state index is 8.89. The van der Waals surface area contributed by atoms with E-state index in [1.54, 1.807) is 12.1 Å². The molecule has 3 nitrogen and oxygen atoms in total. The quantitative estimate of drug-likeness (QED) is 0.724. The van der Waals surface area contributed by atoms with Crippen LogP contribution in [0.3, 0.4) is 0 Å². The fourth-order valence-electron chi connectivity index (χ4n) is 2.38. The highest BCUT2D eigenvalue weighted by Crippen LogP contribution is 2.28. The van der Waals surface area contributed by atoms with Crippen LogP contribution >= 0.6 is 0 Å². The van der Waals surface area contributed by atoms with E-state index < -0.39 is 7.32 Å². The Morgan fingerprint density at radius 1 is 0.591 bits per heavy atom. The van der Waals surface area contributed by atoms with Gasteiger partial charge >= 0.3 is 7.32 Å². The number of benzene rings is 3. The zero-order valence-corrected chi connectivity index (χ0v) is 11.9. The van der Waals surface area contributed by atoms with Gasteiger partial charge in [-0.15, -0.1) is 0 Å². The largest absolute Gasteiger partial charge is 0.707 e. The summed E-state index contributed by atoms with van der Waals surface area (Å²) in [6.07, 6.45) is 0. The Balaban J connectivity index is 1.96. The topological polar surface area (TPSA) is 49.7 Å². The summed E-state index contributed by atoms with van der Waals surface area (Å²) < 4.78 is 4.90. The third-order valence-electron chi connectivity index (χ3n) is 3.38. The second kappa shape index (κ2) is 6.47. The van der Waals surface area contributed by atoms with E-state index >= 15 is 0 Å². The Morgan fingerprint density at radius 2 is 1.14 bits per heavy atom. The van der Waals surface area contributed by atoms with E-state index in [1.807, 2.05) is 42.5 Å². The molecule has 0 fully saturated rings. The van der Waals surface area contributed by atoms with Gasteiger partial charge in [-0.3, -0.25) is 0 Å². The van der Waals surface area contributed by atoms with Crippen molar-refractivity contribution in [2.24, 2.45) is 0 Å². The van der Waals surface area contributed by atoms with Crippen LogP contribution in [0.4, 0.5) is 0 Å². The molecule has 0 amide bonds. The van der Waals surface area contributed by atoms with Crippen molar-refractivity contribution in [3.63, 3.8) is 0 Å². The molecule has 0 radical (unpaired) electrons. The van der Waals surface area contributed by atoms with Gasteiger partial charge in [0.15, 0.2) is 0 Å². The molecule has 0 bridgehead atoms. The second-order valence-electron chi connectivity index (χ2n) is 4.92. The molecule has 2 N–H and O–H groups in total. The van der Waals surface area contributed by atoms with Crippen molar-refractivity contribution in [2.45, 2.75) is 0 Å². The Morgan fingerprint density at radius 3 is 1.82 bits per heavy atom. The average Bonchev–Trinajstić information content (AvgIpc) is 2.55. The summed E-state index contributed by atoms with van der Waals surface area (Å²) in [5, 5.41) is 17.8. The first kappa shape index (κ1) is 14.4. The van der Waals surface area contributed by atoms with Gasteiger partial charge in [-0.05, 0) is 40.5 Å². The lowest BCUT2D eigenvalue weighted by atomic mass is 9.99. The Hall–Kier alpha value is -2.56. The summed E-state index contributed by atoms with van der Waals surface area (Å²) in [6.45, 7) is 0. The molecule has 0 aliphatic heterocycles. The molecule has 22 heavy (non-hydrogen) atoms. The van der Waals surface area contributed by atoms with Gasteiger partial charge in [0.05, 0.1) is 0 Å². The van der Waals surface area contributed by atoms with Gasteiger partial charge in [-0.25, -0.2) is 0 Å². The van der Waals surface area contributed by atoms with Crippen molar-refractivity contribution in [2.75, 3.05) is 0 Å². The molecule has 0 aromatic heterocycles. The van der Waals surface area contributed by atoms with Gasteiger partial charge in [0.1, 0.15) is 5.75 Å². The van der Waals surface area contributed by atoms with Crippen LogP contribution < -0.4 is 4.65 Å². The second-order valence-corrected chi connectivity index (χ2v) is 4.92. The normalized spacial score (nSPS) is 10.3. The zero-order valence-electron chi connectivity index (χ0n) is 11.9. The van der Waals surface area contributed by atoms with Crippen LogP contribution in [0.15, 0.2) is 78.9 Å². The molecule has 0 saturated carbocycles. The van der Waals surface area contributed by atoms with Crippen molar-refractivity contribution in [1.29, 1.82) is 0 Å². The van der Waals surface area contributed by atoms with Crippen molar-refractivity contribution in [1.82, 2.24) is 0 Å². The molecular weight excluding hydrogens is 275 g/mol. The molecule has 0 saturated heterocycles. The molecular formula is C18H15BO3. The maximum absolute atomic E-state index is 8.89. The lowest BCUT2D eigenvalue weighted by Crippen LogP contribution is -2.20. The Bertz CT molecular complexity index is 757. The first-order valence-corrected chi connectivity index (χ1v) is 7.01. The molecule has 0 spiro atoms. The van der Waals surface area contributed by atoms with E-state index in [-0.39, 0.29) is 0 Å². The molecule has 0 heterocycles. The molecule has 108 valence electrons. The molecule has 4 heteroatoms. The molecule has 0 atom stereocenters. The van der Waals surface area contributed by atoms with Crippen molar-refractivity contribution < 1.29 is 14.7 Å². The minimum atomic E-state index is -1.81. The van der Waals surface area contributed by atoms with E-state index in [1.165, 1.54) is 0 Å². The van der Waals surface area contributed by atoms with E-state index in [2.05, 4.69) is 24.3 Å². The molecule has 3 aromatic carbocycles. The molecule has 3 aromatic rings. The van der Waals surface area contributed by atoms with Gasteiger partial charge in [0, 0.05) is 0 Å². The standard InChI is InChI=1S/C18H15BO3/c20-19(21)22-18-11-5-10-17(13-18)16-9-4-8-15(12-16)14-6-2-1-3-7-14/h1-13,20-21H. The van der Waals surface area contributed by atoms with Crippen LogP contribution in [0.1, 0.15) is 0 Å². The summed E-state index contributed by atoms with van der Waals surface area (Å²) in [5.74, 6) is 0.414. The molecule has 0 unspecified atom stereocenters. The lowest BCUT2D eigenvalue weighted by Gasteiger charge is -2.09. The molecule has 0 aliphatic rings. The van der Waals surface area contributed by atoms with Crippen LogP contribution in [0, 0.1) is 0 Å². The fourth-order valence-corrected chi connectivity index (χ4v) is 2.38. The van der Waals surface area contributed by atoms with Crippen LogP contribution in [-0.4, -0.2) is 17.4 Å². The average molecular weight is 290 g/mol. The SMILES string of the molecule is OB(O)Oc1cccc(-c2cccc(-c3ccccc3)c2)c1. The predicted octanol–water partition coefficient (Wildman–Crippen LogP) is 3.37. The third-order valence-corrected chi connectivity index (χ3v) is 3.38. The Labute approximate surface area is 129 Å². The minimum Gasteiger partial charge on any atom is -0.512 e. The van der Waals surface area contributed by atoms with Gasteiger partial charge in [0.25, 0.3) is 0 Å². The summed E-state index contributed by atoms with van der Waals surface area (Å²) in [6, 6.07) is 25.6. The number of rotatable bonds is 4. The van der Waals surface area contributed by atoms with E-state index in [0.29, 0.717) is 5.75 Å². The number of hydrogen-bond donors (Lipinski definition) is 2. The first-order valence-electron chi connectivity index (χ1n) is 7.01. The van der Waals surface area contributed by atoms with E-state index in [4.69, 9.17) is 14.7 Å². The van der Waals surface area contributed by atoms with Gasteiger partial charge in [0.2, 0.25) is 0 Å². The monoisotopic (exact) mass is 290 g/mol. The van der Waals surface area contributed by atoms with Gasteiger partial charge < -0.3 is 14.7 Å². The smallest absolute Gasteiger partial charge is 0.512 e. The number of hydrogen-bond acceptors (Lipinski definition) is 3. The first-order chi connectivity index (χ1) is 10.7. The minimum absolute atomic E-state index is 0.414. The highest BCUT2D eigenvalue weighted by Gasteiger charge is 2.11. The predicted molar refractivity (Wildman–Crippen MR) is 88.1 cm³/mol. The van der Waals surface area contributed by atoms with Crippen molar-refractivity contribution in [3.05, 3.63) is 78.9 Å². The van der Waals surface area contributed by atoms with Crippen LogP contribution in [-0.2, 0) is 0 Å². The highest BCUT2D eigenvalue weighted by molar-refractivity contribution is 6.33. The van der Waals surface area contributed by atoms with Crippen molar-refractivity contribution >= 4 is 7.32 Å².